The monoisotopic (exact) mass is 282 g/mol. The third kappa shape index (κ3) is 2.50. The molecule has 5 nitrogen and oxygen atoms in total. The van der Waals surface area contributed by atoms with Crippen LogP contribution in [0.15, 0.2) is 0 Å². The van der Waals surface area contributed by atoms with Crippen LogP contribution in [0, 0.1) is 22.7 Å². The molecular weight excluding hydrogens is 256 g/mol. The normalized spacial score (nSPS) is 30.8. The summed E-state index contributed by atoms with van der Waals surface area (Å²) in [5.74, 6) is -0.971. The Balaban J connectivity index is 1.78. The highest BCUT2D eigenvalue weighted by molar-refractivity contribution is 5.75. The van der Waals surface area contributed by atoms with E-state index < -0.39 is 5.97 Å². The molecule has 0 aromatic heterocycles. The zero-order valence-electron chi connectivity index (χ0n) is 12.8. The number of carboxylic acid groups (broad SMARTS) is 1. The molecule has 2 rings (SSSR count). The van der Waals surface area contributed by atoms with Crippen LogP contribution in [0.3, 0.4) is 0 Å². The van der Waals surface area contributed by atoms with E-state index in [4.69, 9.17) is 5.11 Å². The molecule has 5 heteroatoms. The number of urea groups is 1. The van der Waals surface area contributed by atoms with Crippen LogP contribution in [0.25, 0.3) is 0 Å². The van der Waals surface area contributed by atoms with E-state index in [1.54, 1.807) is 0 Å². The molecule has 2 aliphatic carbocycles. The molecule has 0 spiro atoms. The Bertz CT molecular complexity index is 403. The number of hydrogen-bond donors (Lipinski definition) is 3. The number of carboxylic acids is 1. The van der Waals surface area contributed by atoms with Crippen LogP contribution in [0.2, 0.25) is 0 Å². The van der Waals surface area contributed by atoms with Crippen LogP contribution in [0.1, 0.15) is 47.0 Å². The van der Waals surface area contributed by atoms with Gasteiger partial charge in [0.15, 0.2) is 0 Å². The molecule has 2 aliphatic rings. The van der Waals surface area contributed by atoms with Gasteiger partial charge in [0.2, 0.25) is 0 Å². The Morgan fingerprint density at radius 1 is 1.15 bits per heavy atom. The van der Waals surface area contributed by atoms with Crippen molar-refractivity contribution in [3.8, 4) is 0 Å². The van der Waals surface area contributed by atoms with Gasteiger partial charge in [-0.05, 0) is 29.6 Å². The highest BCUT2D eigenvalue weighted by Crippen LogP contribution is 2.62. The molecule has 3 N–H and O–H groups in total. The topological polar surface area (TPSA) is 78.4 Å². The van der Waals surface area contributed by atoms with Gasteiger partial charge >= 0.3 is 12.0 Å². The van der Waals surface area contributed by atoms with Crippen LogP contribution < -0.4 is 10.6 Å². The zero-order chi connectivity index (χ0) is 15.1. The third-order valence-corrected chi connectivity index (χ3v) is 5.80. The molecule has 0 saturated heterocycles. The second-order valence-electron chi connectivity index (χ2n) is 7.37. The van der Waals surface area contributed by atoms with Crippen molar-refractivity contribution in [1.29, 1.82) is 0 Å². The fraction of sp³-hybridized carbons (Fsp3) is 0.867. The summed E-state index contributed by atoms with van der Waals surface area (Å²) >= 11 is 0. The quantitative estimate of drug-likeness (QED) is 0.740. The van der Waals surface area contributed by atoms with Crippen LogP contribution in [0.4, 0.5) is 4.79 Å². The number of carbonyl (C=O) groups excluding carboxylic acids is 1. The largest absolute Gasteiger partial charge is 0.481 e. The number of hydrogen-bond acceptors (Lipinski definition) is 2. The molecule has 0 aromatic rings. The van der Waals surface area contributed by atoms with E-state index in [9.17, 15) is 9.59 Å². The SMILES string of the molecule is CC1(C)C(NC(=O)NCC2CCCC2C(=O)O)C1(C)C. The van der Waals surface area contributed by atoms with Crippen molar-refractivity contribution in [3.05, 3.63) is 0 Å². The van der Waals surface area contributed by atoms with E-state index in [1.165, 1.54) is 0 Å². The molecule has 2 amide bonds. The predicted molar refractivity (Wildman–Crippen MR) is 76.4 cm³/mol. The summed E-state index contributed by atoms with van der Waals surface area (Å²) in [5, 5.41) is 15.0. The van der Waals surface area contributed by atoms with Gasteiger partial charge in [0, 0.05) is 12.6 Å². The average molecular weight is 282 g/mol. The molecule has 2 atom stereocenters. The molecule has 0 aromatic carbocycles. The minimum atomic E-state index is -0.737. The number of rotatable bonds is 4. The summed E-state index contributed by atoms with van der Waals surface area (Å²) in [5.41, 5.74) is 0.225. The van der Waals surface area contributed by atoms with Gasteiger partial charge in [-0.1, -0.05) is 34.1 Å². The number of carbonyl (C=O) groups is 2. The van der Waals surface area contributed by atoms with Gasteiger partial charge in [0.1, 0.15) is 0 Å². The fourth-order valence-corrected chi connectivity index (χ4v) is 3.57. The lowest BCUT2D eigenvalue weighted by atomic mass is 9.96. The molecule has 2 fully saturated rings. The van der Waals surface area contributed by atoms with Crippen LogP contribution in [0.5, 0.6) is 0 Å². The van der Waals surface area contributed by atoms with Crippen molar-refractivity contribution in [2.24, 2.45) is 22.7 Å². The van der Waals surface area contributed by atoms with Crippen molar-refractivity contribution in [3.63, 3.8) is 0 Å². The molecule has 0 radical (unpaired) electrons. The third-order valence-electron chi connectivity index (χ3n) is 5.80. The summed E-state index contributed by atoms with van der Waals surface area (Å²) in [4.78, 5) is 23.0. The van der Waals surface area contributed by atoms with E-state index in [0.29, 0.717) is 6.54 Å². The van der Waals surface area contributed by atoms with Gasteiger partial charge in [-0.15, -0.1) is 0 Å². The van der Waals surface area contributed by atoms with Gasteiger partial charge in [-0.25, -0.2) is 4.79 Å². The van der Waals surface area contributed by atoms with Gasteiger partial charge in [-0.3, -0.25) is 4.79 Å². The van der Waals surface area contributed by atoms with Crippen molar-refractivity contribution in [2.75, 3.05) is 6.54 Å². The maximum Gasteiger partial charge on any atom is 0.315 e. The Kier molecular flexibility index (Phi) is 3.73. The van der Waals surface area contributed by atoms with Crippen LogP contribution in [-0.2, 0) is 4.79 Å². The zero-order valence-corrected chi connectivity index (χ0v) is 12.8. The van der Waals surface area contributed by atoms with Gasteiger partial charge < -0.3 is 15.7 Å². The number of aliphatic carboxylic acids is 1. The lowest BCUT2D eigenvalue weighted by Crippen LogP contribution is -2.42. The Morgan fingerprint density at radius 2 is 1.75 bits per heavy atom. The summed E-state index contributed by atoms with van der Waals surface area (Å²) in [6.07, 6.45) is 2.55. The molecule has 0 bridgehead atoms. The fourth-order valence-electron chi connectivity index (χ4n) is 3.57. The Hall–Kier alpha value is -1.26. The van der Waals surface area contributed by atoms with Crippen molar-refractivity contribution < 1.29 is 14.7 Å². The molecule has 20 heavy (non-hydrogen) atoms. The number of amides is 2. The molecule has 0 aliphatic heterocycles. The van der Waals surface area contributed by atoms with Gasteiger partial charge in [0.05, 0.1) is 5.92 Å². The highest BCUT2D eigenvalue weighted by Gasteiger charge is 2.65. The van der Waals surface area contributed by atoms with Crippen molar-refractivity contribution >= 4 is 12.0 Å². The van der Waals surface area contributed by atoms with Crippen molar-refractivity contribution in [1.82, 2.24) is 10.6 Å². The molecule has 2 unspecified atom stereocenters. The minimum Gasteiger partial charge on any atom is -0.481 e. The molecule has 2 saturated carbocycles. The van der Waals surface area contributed by atoms with Crippen LogP contribution in [-0.4, -0.2) is 29.7 Å². The van der Waals surface area contributed by atoms with E-state index in [-0.39, 0.29) is 34.7 Å². The van der Waals surface area contributed by atoms with Crippen molar-refractivity contribution in [2.45, 2.75) is 53.0 Å². The first kappa shape index (κ1) is 15.1. The first-order valence-electron chi connectivity index (χ1n) is 7.45. The second-order valence-corrected chi connectivity index (χ2v) is 7.37. The summed E-state index contributed by atoms with van der Waals surface area (Å²) < 4.78 is 0. The van der Waals surface area contributed by atoms with E-state index in [1.807, 2.05) is 0 Å². The summed E-state index contributed by atoms with van der Waals surface area (Å²) in [6, 6.07) is -0.00135. The van der Waals surface area contributed by atoms with Crippen LogP contribution >= 0.6 is 0 Å². The van der Waals surface area contributed by atoms with E-state index >= 15 is 0 Å². The first-order valence-corrected chi connectivity index (χ1v) is 7.45. The first-order chi connectivity index (χ1) is 9.18. The highest BCUT2D eigenvalue weighted by atomic mass is 16.4. The van der Waals surface area contributed by atoms with E-state index in [0.717, 1.165) is 19.3 Å². The lowest BCUT2D eigenvalue weighted by molar-refractivity contribution is -0.142. The maximum atomic E-state index is 11.9. The summed E-state index contributed by atoms with van der Waals surface area (Å²) in [6.45, 7) is 9.05. The summed E-state index contributed by atoms with van der Waals surface area (Å²) in [7, 11) is 0. The molecule has 114 valence electrons. The Morgan fingerprint density at radius 3 is 2.25 bits per heavy atom. The van der Waals surface area contributed by atoms with Gasteiger partial charge in [-0.2, -0.15) is 0 Å². The predicted octanol–water partition coefficient (Wildman–Crippen LogP) is 2.22. The average Bonchev–Trinajstić information content (AvgIpc) is 2.76. The van der Waals surface area contributed by atoms with E-state index in [2.05, 4.69) is 38.3 Å². The molecular formula is C15H26N2O3. The maximum absolute atomic E-state index is 11.9. The Labute approximate surface area is 120 Å². The number of nitrogens with one attached hydrogen (secondary N) is 2. The second kappa shape index (κ2) is 4.93. The molecule has 0 heterocycles. The minimum absolute atomic E-state index is 0.0680. The lowest BCUT2D eigenvalue weighted by Gasteiger charge is -2.17. The standard InChI is InChI=1S/C15H26N2O3/c1-14(2)12(15(14,3)4)17-13(20)16-8-9-6-5-7-10(9)11(18)19/h9-10,12H,5-8H2,1-4H3,(H,18,19)(H2,16,17,20). The smallest absolute Gasteiger partial charge is 0.315 e. The van der Waals surface area contributed by atoms with Gasteiger partial charge in [0.25, 0.3) is 0 Å².